The molecule has 1 aromatic rings. The summed E-state index contributed by atoms with van der Waals surface area (Å²) >= 11 is 5.63. The number of hydrogen-bond acceptors (Lipinski definition) is 3. The molecule has 0 bridgehead atoms. The third-order valence-electron chi connectivity index (χ3n) is 1.77. The SMILES string of the molecule is Nc1cc(Cl)cc(C(=O)OCCC(F)(F)F)c1. The van der Waals surface area contributed by atoms with Crippen molar-refractivity contribution in [1.82, 2.24) is 0 Å². The Bertz CT molecular complexity index is 400. The molecule has 0 aliphatic rings. The van der Waals surface area contributed by atoms with Crippen LogP contribution in [0.3, 0.4) is 0 Å². The molecular weight excluding hydrogens is 259 g/mol. The van der Waals surface area contributed by atoms with E-state index >= 15 is 0 Å². The van der Waals surface area contributed by atoms with Gasteiger partial charge in [0.2, 0.25) is 0 Å². The second kappa shape index (κ2) is 5.27. The molecule has 0 radical (unpaired) electrons. The summed E-state index contributed by atoms with van der Waals surface area (Å²) < 4.78 is 39.9. The van der Waals surface area contributed by atoms with Crippen LogP contribution < -0.4 is 5.73 Å². The molecule has 17 heavy (non-hydrogen) atoms. The molecule has 0 fully saturated rings. The van der Waals surface area contributed by atoms with E-state index in [1.807, 2.05) is 0 Å². The van der Waals surface area contributed by atoms with Gasteiger partial charge < -0.3 is 10.5 Å². The summed E-state index contributed by atoms with van der Waals surface area (Å²) in [4.78, 5) is 11.3. The topological polar surface area (TPSA) is 52.3 Å². The van der Waals surface area contributed by atoms with Crippen LogP contribution in [-0.2, 0) is 4.74 Å². The summed E-state index contributed by atoms with van der Waals surface area (Å²) in [6, 6.07) is 3.96. The highest BCUT2D eigenvalue weighted by atomic mass is 35.5. The first-order chi connectivity index (χ1) is 7.78. The van der Waals surface area contributed by atoms with Gasteiger partial charge in [-0.2, -0.15) is 13.2 Å². The Morgan fingerprint density at radius 2 is 2.00 bits per heavy atom. The molecule has 1 aromatic carbocycles. The number of nitrogen functional groups attached to an aromatic ring is 1. The number of alkyl halides is 3. The lowest BCUT2D eigenvalue weighted by atomic mass is 10.2. The smallest absolute Gasteiger partial charge is 0.392 e. The van der Waals surface area contributed by atoms with Gasteiger partial charge in [0, 0.05) is 10.7 Å². The molecule has 94 valence electrons. The lowest BCUT2D eigenvalue weighted by Crippen LogP contribution is -2.14. The fourth-order valence-electron chi connectivity index (χ4n) is 1.07. The van der Waals surface area contributed by atoms with Gasteiger partial charge >= 0.3 is 12.1 Å². The Kier molecular flexibility index (Phi) is 4.22. The Morgan fingerprint density at radius 3 is 2.53 bits per heavy atom. The van der Waals surface area contributed by atoms with E-state index in [0.29, 0.717) is 0 Å². The van der Waals surface area contributed by atoms with Gasteiger partial charge in [-0.05, 0) is 18.2 Å². The number of ether oxygens (including phenoxy) is 1. The highest BCUT2D eigenvalue weighted by Crippen LogP contribution is 2.20. The molecule has 0 saturated carbocycles. The van der Waals surface area contributed by atoms with E-state index in [4.69, 9.17) is 17.3 Å². The molecule has 0 saturated heterocycles. The number of nitrogens with two attached hydrogens (primary N) is 1. The van der Waals surface area contributed by atoms with Gasteiger partial charge in [0.25, 0.3) is 0 Å². The molecule has 0 atom stereocenters. The van der Waals surface area contributed by atoms with Crippen LogP contribution in [0.15, 0.2) is 18.2 Å². The van der Waals surface area contributed by atoms with E-state index in [2.05, 4.69) is 4.74 Å². The molecule has 0 spiro atoms. The van der Waals surface area contributed by atoms with Crippen LogP contribution in [0.5, 0.6) is 0 Å². The molecule has 0 aliphatic carbocycles. The predicted molar refractivity (Wildman–Crippen MR) is 56.8 cm³/mol. The highest BCUT2D eigenvalue weighted by Gasteiger charge is 2.27. The molecule has 3 nitrogen and oxygen atoms in total. The lowest BCUT2D eigenvalue weighted by Gasteiger charge is -2.08. The number of halogens is 4. The molecule has 0 heterocycles. The minimum Gasteiger partial charge on any atom is -0.462 e. The van der Waals surface area contributed by atoms with Gasteiger partial charge in [-0.15, -0.1) is 0 Å². The molecule has 0 amide bonds. The largest absolute Gasteiger partial charge is 0.462 e. The highest BCUT2D eigenvalue weighted by molar-refractivity contribution is 6.31. The summed E-state index contributed by atoms with van der Waals surface area (Å²) in [5.41, 5.74) is 5.68. The number of carbonyl (C=O) groups excluding carboxylic acids is 1. The second-order valence-electron chi connectivity index (χ2n) is 3.27. The monoisotopic (exact) mass is 267 g/mol. The van der Waals surface area contributed by atoms with Crippen molar-refractivity contribution in [2.75, 3.05) is 12.3 Å². The van der Waals surface area contributed by atoms with Crippen LogP contribution in [0.4, 0.5) is 18.9 Å². The van der Waals surface area contributed by atoms with Crippen molar-refractivity contribution in [3.05, 3.63) is 28.8 Å². The Balaban J connectivity index is 2.58. The van der Waals surface area contributed by atoms with E-state index in [0.717, 1.165) is 0 Å². The van der Waals surface area contributed by atoms with Crippen molar-refractivity contribution in [2.45, 2.75) is 12.6 Å². The zero-order chi connectivity index (χ0) is 13.1. The van der Waals surface area contributed by atoms with Crippen molar-refractivity contribution < 1.29 is 22.7 Å². The number of anilines is 1. The van der Waals surface area contributed by atoms with E-state index in [1.165, 1.54) is 18.2 Å². The van der Waals surface area contributed by atoms with Gasteiger partial charge in [-0.25, -0.2) is 4.79 Å². The van der Waals surface area contributed by atoms with E-state index in [-0.39, 0.29) is 16.3 Å². The fraction of sp³-hybridized carbons (Fsp3) is 0.300. The maximum atomic E-state index is 11.8. The summed E-state index contributed by atoms with van der Waals surface area (Å²) in [6.45, 7) is -0.727. The number of carbonyl (C=O) groups is 1. The minimum atomic E-state index is -4.35. The normalized spacial score (nSPS) is 11.3. The average molecular weight is 268 g/mol. The van der Waals surface area contributed by atoms with Crippen molar-refractivity contribution >= 4 is 23.3 Å². The van der Waals surface area contributed by atoms with Gasteiger partial charge in [0.1, 0.15) is 6.61 Å². The van der Waals surface area contributed by atoms with Crippen molar-refractivity contribution in [2.24, 2.45) is 0 Å². The molecular formula is C10H9ClF3NO2. The van der Waals surface area contributed by atoms with Crippen LogP contribution in [0, 0.1) is 0 Å². The van der Waals surface area contributed by atoms with Gasteiger partial charge in [0.05, 0.1) is 12.0 Å². The molecule has 2 N–H and O–H groups in total. The quantitative estimate of drug-likeness (QED) is 0.676. The first-order valence-electron chi connectivity index (χ1n) is 4.58. The maximum Gasteiger partial charge on any atom is 0.392 e. The predicted octanol–water partition coefficient (Wildman–Crippen LogP) is 3.03. The first-order valence-corrected chi connectivity index (χ1v) is 4.96. The van der Waals surface area contributed by atoms with E-state index in [1.54, 1.807) is 0 Å². The fourth-order valence-corrected chi connectivity index (χ4v) is 1.32. The van der Waals surface area contributed by atoms with Crippen LogP contribution in [0.2, 0.25) is 5.02 Å². The van der Waals surface area contributed by atoms with Crippen LogP contribution >= 0.6 is 11.6 Å². The molecule has 0 aliphatic heterocycles. The molecule has 0 aromatic heterocycles. The Labute approximate surface area is 100 Å². The second-order valence-corrected chi connectivity index (χ2v) is 3.71. The van der Waals surface area contributed by atoms with Gasteiger partial charge in [-0.1, -0.05) is 11.6 Å². The van der Waals surface area contributed by atoms with Gasteiger partial charge in [0.15, 0.2) is 0 Å². The van der Waals surface area contributed by atoms with Gasteiger partial charge in [-0.3, -0.25) is 0 Å². The van der Waals surface area contributed by atoms with E-state index < -0.39 is 25.2 Å². The Morgan fingerprint density at radius 1 is 1.35 bits per heavy atom. The molecule has 1 rings (SSSR count). The summed E-state index contributed by atoms with van der Waals surface area (Å²) in [6.07, 6.45) is -5.54. The number of benzene rings is 1. The Hall–Kier alpha value is -1.43. The summed E-state index contributed by atoms with van der Waals surface area (Å²) in [5.74, 6) is -0.886. The lowest BCUT2D eigenvalue weighted by molar-refractivity contribution is -0.141. The average Bonchev–Trinajstić information content (AvgIpc) is 2.13. The first kappa shape index (κ1) is 13.6. The minimum absolute atomic E-state index is 0.0252. The summed E-state index contributed by atoms with van der Waals surface area (Å²) in [5, 5.41) is 0.216. The maximum absolute atomic E-state index is 11.8. The molecule has 0 unspecified atom stereocenters. The van der Waals surface area contributed by atoms with Crippen molar-refractivity contribution in [3.8, 4) is 0 Å². The summed E-state index contributed by atoms with van der Waals surface area (Å²) in [7, 11) is 0. The zero-order valence-corrected chi connectivity index (χ0v) is 9.31. The number of hydrogen-bond donors (Lipinski definition) is 1. The third-order valence-corrected chi connectivity index (χ3v) is 1.99. The standard InChI is InChI=1S/C10H9ClF3NO2/c11-7-3-6(4-8(15)5-7)9(16)17-2-1-10(12,13)14/h3-5H,1-2,15H2. The number of esters is 1. The van der Waals surface area contributed by atoms with Crippen molar-refractivity contribution in [3.63, 3.8) is 0 Å². The van der Waals surface area contributed by atoms with Crippen molar-refractivity contribution in [1.29, 1.82) is 0 Å². The zero-order valence-electron chi connectivity index (χ0n) is 8.55. The molecule has 7 heteroatoms. The number of rotatable bonds is 3. The van der Waals surface area contributed by atoms with Crippen LogP contribution in [-0.4, -0.2) is 18.8 Å². The van der Waals surface area contributed by atoms with E-state index in [9.17, 15) is 18.0 Å². The van der Waals surface area contributed by atoms with Crippen LogP contribution in [0.1, 0.15) is 16.8 Å². The van der Waals surface area contributed by atoms with Crippen LogP contribution in [0.25, 0.3) is 0 Å². The third kappa shape index (κ3) is 4.95.